The number of thioether (sulfide) groups is 1. The molecule has 2 amide bonds. The minimum atomic E-state index is -0.610. The van der Waals surface area contributed by atoms with Crippen molar-refractivity contribution in [2.75, 3.05) is 12.3 Å². The van der Waals surface area contributed by atoms with Gasteiger partial charge in [-0.1, -0.05) is 55.3 Å². The molecule has 2 aromatic carbocycles. The van der Waals surface area contributed by atoms with E-state index < -0.39 is 6.04 Å². The Balaban J connectivity index is 2.09. The van der Waals surface area contributed by atoms with Crippen molar-refractivity contribution in [3.05, 3.63) is 70.0 Å². The third-order valence-electron chi connectivity index (χ3n) is 5.13. The smallest absolute Gasteiger partial charge is 0.242 e. The van der Waals surface area contributed by atoms with Gasteiger partial charge >= 0.3 is 0 Å². The zero-order valence-electron chi connectivity index (χ0n) is 18.3. The molecule has 1 N–H and O–H groups in total. The SMILES string of the molecule is CCCCNC(=O)C(C)N(Cc1ccccc1C)C(=O)CSCc1c(F)cccc1Cl. The quantitative estimate of drug-likeness (QED) is 0.456. The Morgan fingerprint density at radius 3 is 2.61 bits per heavy atom. The van der Waals surface area contributed by atoms with Crippen LogP contribution in [-0.2, 0) is 21.9 Å². The van der Waals surface area contributed by atoms with Gasteiger partial charge in [0.25, 0.3) is 0 Å². The van der Waals surface area contributed by atoms with Gasteiger partial charge in [0.2, 0.25) is 11.8 Å². The minimum absolute atomic E-state index is 0.128. The predicted octanol–water partition coefficient (Wildman–Crippen LogP) is 5.35. The van der Waals surface area contributed by atoms with Gasteiger partial charge in [-0.3, -0.25) is 9.59 Å². The fourth-order valence-electron chi connectivity index (χ4n) is 3.08. The molecule has 0 aliphatic heterocycles. The number of halogens is 2. The van der Waals surface area contributed by atoms with Crippen LogP contribution in [0.1, 0.15) is 43.4 Å². The van der Waals surface area contributed by atoms with Gasteiger partial charge in [0.1, 0.15) is 11.9 Å². The summed E-state index contributed by atoms with van der Waals surface area (Å²) in [6, 6.07) is 11.8. The van der Waals surface area contributed by atoms with Crippen LogP contribution in [0.25, 0.3) is 0 Å². The van der Waals surface area contributed by atoms with E-state index in [9.17, 15) is 14.0 Å². The Labute approximate surface area is 193 Å². The van der Waals surface area contributed by atoms with Gasteiger partial charge in [-0.15, -0.1) is 11.8 Å². The normalized spacial score (nSPS) is 11.8. The highest BCUT2D eigenvalue weighted by molar-refractivity contribution is 7.99. The Morgan fingerprint density at radius 2 is 1.94 bits per heavy atom. The molecule has 0 saturated heterocycles. The van der Waals surface area contributed by atoms with E-state index in [1.54, 1.807) is 24.0 Å². The van der Waals surface area contributed by atoms with E-state index in [4.69, 9.17) is 11.6 Å². The molecule has 1 unspecified atom stereocenters. The van der Waals surface area contributed by atoms with E-state index in [1.807, 2.05) is 31.2 Å². The van der Waals surface area contributed by atoms with Crippen molar-refractivity contribution in [2.45, 2.75) is 52.0 Å². The highest BCUT2D eigenvalue weighted by Gasteiger charge is 2.26. The summed E-state index contributed by atoms with van der Waals surface area (Å²) in [5, 5.41) is 3.26. The molecule has 0 spiro atoms. The molecule has 4 nitrogen and oxygen atoms in total. The molecule has 7 heteroatoms. The van der Waals surface area contributed by atoms with Crippen molar-refractivity contribution >= 4 is 35.2 Å². The van der Waals surface area contributed by atoms with Gasteiger partial charge in [0.15, 0.2) is 0 Å². The molecule has 2 rings (SSSR count). The summed E-state index contributed by atoms with van der Waals surface area (Å²) in [7, 11) is 0. The van der Waals surface area contributed by atoms with Crippen LogP contribution in [0.3, 0.4) is 0 Å². The van der Waals surface area contributed by atoms with Crippen LogP contribution in [-0.4, -0.2) is 35.1 Å². The number of rotatable bonds is 11. The molecule has 0 saturated carbocycles. The molecular weight excluding hydrogens is 435 g/mol. The van der Waals surface area contributed by atoms with Crippen molar-refractivity contribution in [2.24, 2.45) is 0 Å². The maximum Gasteiger partial charge on any atom is 0.242 e. The van der Waals surface area contributed by atoms with Crippen LogP contribution in [0.15, 0.2) is 42.5 Å². The summed E-state index contributed by atoms with van der Waals surface area (Å²) in [5.74, 6) is -0.306. The first-order valence-electron chi connectivity index (χ1n) is 10.5. The van der Waals surface area contributed by atoms with E-state index in [1.165, 1.54) is 17.8 Å². The van der Waals surface area contributed by atoms with Crippen molar-refractivity contribution < 1.29 is 14.0 Å². The molecular formula is C24H30ClFN2O2S. The van der Waals surface area contributed by atoms with Gasteiger partial charge in [-0.2, -0.15) is 0 Å². The largest absolute Gasteiger partial charge is 0.354 e. The van der Waals surface area contributed by atoms with Crippen molar-refractivity contribution in [3.8, 4) is 0 Å². The molecule has 31 heavy (non-hydrogen) atoms. The lowest BCUT2D eigenvalue weighted by Gasteiger charge is -2.29. The summed E-state index contributed by atoms with van der Waals surface area (Å²) < 4.78 is 14.0. The summed E-state index contributed by atoms with van der Waals surface area (Å²) in [6.45, 7) is 6.72. The van der Waals surface area contributed by atoms with Gasteiger partial charge in [0.05, 0.1) is 5.75 Å². The van der Waals surface area contributed by atoms with Crippen molar-refractivity contribution in [1.82, 2.24) is 10.2 Å². The van der Waals surface area contributed by atoms with Crippen LogP contribution in [0, 0.1) is 12.7 Å². The fraction of sp³-hybridized carbons (Fsp3) is 0.417. The van der Waals surface area contributed by atoms with Crippen molar-refractivity contribution in [3.63, 3.8) is 0 Å². The molecule has 0 heterocycles. The maximum absolute atomic E-state index is 14.0. The highest BCUT2D eigenvalue weighted by Crippen LogP contribution is 2.24. The van der Waals surface area contributed by atoms with E-state index >= 15 is 0 Å². The first kappa shape index (κ1) is 25.2. The number of aryl methyl sites for hydroxylation is 1. The number of benzene rings is 2. The first-order chi connectivity index (χ1) is 14.8. The monoisotopic (exact) mass is 464 g/mol. The lowest BCUT2D eigenvalue weighted by Crippen LogP contribution is -2.48. The third kappa shape index (κ3) is 7.54. The van der Waals surface area contributed by atoms with Crippen LogP contribution < -0.4 is 5.32 Å². The number of amides is 2. The second-order valence-corrected chi connectivity index (χ2v) is 8.85. The van der Waals surface area contributed by atoms with E-state index in [0.29, 0.717) is 23.7 Å². The average molecular weight is 465 g/mol. The maximum atomic E-state index is 14.0. The zero-order chi connectivity index (χ0) is 22.8. The lowest BCUT2D eigenvalue weighted by molar-refractivity contribution is -0.138. The highest BCUT2D eigenvalue weighted by atomic mass is 35.5. The molecule has 1 atom stereocenters. The summed E-state index contributed by atoms with van der Waals surface area (Å²) in [4.78, 5) is 27.3. The van der Waals surface area contributed by atoms with E-state index in [0.717, 1.165) is 24.0 Å². The van der Waals surface area contributed by atoms with E-state index in [-0.39, 0.29) is 29.1 Å². The first-order valence-corrected chi connectivity index (χ1v) is 12.0. The summed E-state index contributed by atoms with van der Waals surface area (Å²) in [5.41, 5.74) is 2.44. The number of hydrogen-bond acceptors (Lipinski definition) is 3. The Bertz CT molecular complexity index is 873. The summed E-state index contributed by atoms with van der Waals surface area (Å²) in [6.07, 6.45) is 1.87. The Kier molecular flexibility index (Phi) is 10.3. The predicted molar refractivity (Wildman–Crippen MR) is 127 cm³/mol. The molecule has 2 aromatic rings. The second kappa shape index (κ2) is 12.7. The van der Waals surface area contributed by atoms with E-state index in [2.05, 4.69) is 12.2 Å². The number of hydrogen-bond donors (Lipinski definition) is 1. The van der Waals surface area contributed by atoms with Crippen LogP contribution in [0.2, 0.25) is 5.02 Å². The van der Waals surface area contributed by atoms with Gasteiger partial charge in [-0.25, -0.2) is 4.39 Å². The number of carbonyl (C=O) groups excluding carboxylic acids is 2. The van der Waals surface area contributed by atoms with Gasteiger partial charge < -0.3 is 10.2 Å². The summed E-state index contributed by atoms with van der Waals surface area (Å²) >= 11 is 7.37. The molecule has 0 bridgehead atoms. The number of nitrogens with one attached hydrogen (secondary N) is 1. The average Bonchev–Trinajstić information content (AvgIpc) is 2.74. The standard InChI is InChI=1S/C24H30ClFN2O2S/c1-4-5-13-27-24(30)18(3)28(14-19-10-7-6-9-17(19)2)23(29)16-31-15-20-21(25)11-8-12-22(20)26/h6-12,18H,4-5,13-16H2,1-3H3,(H,27,30). The molecule has 0 aliphatic rings. The molecule has 0 aliphatic carbocycles. The lowest BCUT2D eigenvalue weighted by atomic mass is 10.1. The van der Waals surface area contributed by atoms with Crippen LogP contribution in [0.4, 0.5) is 4.39 Å². The van der Waals surface area contributed by atoms with Crippen LogP contribution in [0.5, 0.6) is 0 Å². The molecule has 0 aromatic heterocycles. The third-order valence-corrected chi connectivity index (χ3v) is 6.43. The van der Waals surface area contributed by atoms with Crippen LogP contribution >= 0.6 is 23.4 Å². The van der Waals surface area contributed by atoms with Crippen molar-refractivity contribution in [1.29, 1.82) is 0 Å². The van der Waals surface area contributed by atoms with Gasteiger partial charge in [0, 0.05) is 29.4 Å². The number of nitrogens with zero attached hydrogens (tertiary/aromatic N) is 1. The fourth-order valence-corrected chi connectivity index (χ4v) is 4.33. The topological polar surface area (TPSA) is 49.4 Å². The molecule has 0 radical (unpaired) electrons. The zero-order valence-corrected chi connectivity index (χ0v) is 19.9. The Hall–Kier alpha value is -2.05. The second-order valence-electron chi connectivity index (χ2n) is 7.46. The van der Waals surface area contributed by atoms with Gasteiger partial charge in [-0.05, 0) is 43.5 Å². The minimum Gasteiger partial charge on any atom is -0.354 e. The molecule has 0 fully saturated rings. The molecule has 168 valence electrons. The Morgan fingerprint density at radius 1 is 1.19 bits per heavy atom. The number of unbranched alkanes of at least 4 members (excludes halogenated alkanes) is 1. The number of carbonyl (C=O) groups is 2.